The summed E-state index contributed by atoms with van der Waals surface area (Å²) in [6.07, 6.45) is 1.61. The molecule has 3 N–H and O–H groups in total. The number of hydrogen-bond acceptors (Lipinski definition) is 6. The zero-order valence-corrected chi connectivity index (χ0v) is 15.0. The van der Waals surface area contributed by atoms with E-state index in [1.54, 1.807) is 17.0 Å². The van der Waals surface area contributed by atoms with Crippen LogP contribution < -0.4 is 11.3 Å². The Morgan fingerprint density at radius 1 is 1.35 bits per heavy atom. The van der Waals surface area contributed by atoms with Gasteiger partial charge in [-0.2, -0.15) is 5.26 Å². The lowest BCUT2D eigenvalue weighted by Gasteiger charge is -2.30. The summed E-state index contributed by atoms with van der Waals surface area (Å²) in [5.74, 6) is 0.174. The van der Waals surface area contributed by atoms with Gasteiger partial charge in [0, 0.05) is 24.7 Å². The topological polar surface area (TPSA) is 116 Å². The lowest BCUT2D eigenvalue weighted by atomic mass is 10.1. The third-order valence-corrected chi connectivity index (χ3v) is 5.14. The predicted molar refractivity (Wildman–Crippen MR) is 99.5 cm³/mol. The van der Waals surface area contributed by atoms with Gasteiger partial charge in [-0.15, -0.1) is 0 Å². The lowest BCUT2D eigenvalue weighted by molar-refractivity contribution is -0.129. The van der Waals surface area contributed by atoms with E-state index in [4.69, 9.17) is 5.73 Å². The van der Waals surface area contributed by atoms with E-state index in [9.17, 15) is 14.9 Å². The number of nitriles is 1. The molecule has 0 spiro atoms. The molecule has 134 valence electrons. The van der Waals surface area contributed by atoms with Crippen molar-refractivity contribution in [3.05, 3.63) is 46.2 Å². The molecule has 1 aliphatic heterocycles. The van der Waals surface area contributed by atoms with E-state index in [1.807, 2.05) is 24.3 Å². The summed E-state index contributed by atoms with van der Waals surface area (Å²) in [5, 5.41) is 9.60. The summed E-state index contributed by atoms with van der Waals surface area (Å²) in [4.78, 5) is 33.3. The molecule has 1 aromatic carbocycles. The molecule has 1 saturated heterocycles. The molecule has 0 aliphatic carbocycles. The first-order chi connectivity index (χ1) is 12.6. The second kappa shape index (κ2) is 8.17. The summed E-state index contributed by atoms with van der Waals surface area (Å²) in [6.45, 7) is 1.32. The maximum absolute atomic E-state index is 12.3. The average molecular weight is 369 g/mol. The Balaban J connectivity index is 1.77. The number of carbonyl (C=O) groups excluding carboxylic acids is 1. The van der Waals surface area contributed by atoms with Gasteiger partial charge in [-0.05, 0) is 12.8 Å². The van der Waals surface area contributed by atoms with Crippen molar-refractivity contribution in [2.75, 3.05) is 18.8 Å². The number of rotatable bonds is 4. The second-order valence-corrected chi connectivity index (χ2v) is 7.04. The molecule has 0 bridgehead atoms. The number of aromatic amines is 1. The van der Waals surface area contributed by atoms with Crippen LogP contribution in [0.4, 0.5) is 0 Å². The molecular weight excluding hydrogens is 350 g/mol. The molecule has 1 aliphatic rings. The fourth-order valence-corrected chi connectivity index (χ4v) is 3.56. The number of carbonyl (C=O) groups is 1. The molecule has 0 atom stereocenters. The first-order valence-electron chi connectivity index (χ1n) is 8.34. The van der Waals surface area contributed by atoms with Crippen molar-refractivity contribution in [1.29, 1.82) is 5.26 Å². The number of hydrogen-bond donors (Lipinski definition) is 2. The van der Waals surface area contributed by atoms with Gasteiger partial charge in [-0.3, -0.25) is 9.59 Å². The summed E-state index contributed by atoms with van der Waals surface area (Å²) in [5.41, 5.74) is 6.35. The highest BCUT2D eigenvalue weighted by atomic mass is 32.2. The fraction of sp³-hybridized carbons (Fsp3) is 0.333. The average Bonchev–Trinajstić information content (AvgIpc) is 2.67. The first kappa shape index (κ1) is 18.2. The largest absolute Gasteiger partial charge is 0.342 e. The molecule has 8 heteroatoms. The van der Waals surface area contributed by atoms with Crippen molar-refractivity contribution in [3.63, 3.8) is 0 Å². The van der Waals surface area contributed by atoms with Crippen molar-refractivity contribution in [1.82, 2.24) is 14.9 Å². The number of H-pyrrole nitrogens is 1. The quantitative estimate of drug-likeness (QED) is 0.621. The second-order valence-electron chi connectivity index (χ2n) is 6.08. The van der Waals surface area contributed by atoms with E-state index in [2.05, 4.69) is 9.97 Å². The number of nitrogens with zero attached hydrogens (tertiary/aromatic N) is 3. The van der Waals surface area contributed by atoms with Crippen LogP contribution in [-0.4, -0.2) is 45.7 Å². The molecule has 2 aromatic rings. The number of amides is 1. The van der Waals surface area contributed by atoms with Gasteiger partial charge in [0.15, 0.2) is 5.16 Å². The van der Waals surface area contributed by atoms with Crippen LogP contribution in [0.1, 0.15) is 18.4 Å². The Hall–Kier alpha value is -2.63. The molecule has 26 heavy (non-hydrogen) atoms. The van der Waals surface area contributed by atoms with Gasteiger partial charge in [-0.1, -0.05) is 42.1 Å². The minimum atomic E-state index is -0.500. The Labute approximate surface area is 155 Å². The molecule has 7 nitrogen and oxygen atoms in total. The fourth-order valence-electron chi connectivity index (χ4n) is 2.80. The summed E-state index contributed by atoms with van der Waals surface area (Å²) < 4.78 is 0. The number of piperidine rings is 1. The number of nitrogens with one attached hydrogen (secondary N) is 1. The van der Waals surface area contributed by atoms with E-state index in [0.29, 0.717) is 29.5 Å². The summed E-state index contributed by atoms with van der Waals surface area (Å²) >= 11 is 1.17. The lowest BCUT2D eigenvalue weighted by Crippen LogP contribution is -2.43. The molecule has 1 fully saturated rings. The number of thioether (sulfide) groups is 1. The van der Waals surface area contributed by atoms with Crippen molar-refractivity contribution in [2.45, 2.75) is 24.0 Å². The standard InChI is InChI=1S/C18H19N5O2S/c19-10-14-16(12-4-2-1-3-5-12)21-18(22-17(14)25)26-11-15(24)23-8-6-13(20)7-9-23/h1-5,13H,6-9,11,20H2,(H,21,22,25). The van der Waals surface area contributed by atoms with Gasteiger partial charge >= 0.3 is 0 Å². The number of benzene rings is 1. The van der Waals surface area contributed by atoms with Crippen LogP contribution in [0.2, 0.25) is 0 Å². The molecular formula is C18H19N5O2S. The molecule has 0 radical (unpaired) electrons. The molecule has 3 rings (SSSR count). The number of nitrogens with two attached hydrogens (primary N) is 1. The van der Waals surface area contributed by atoms with Crippen molar-refractivity contribution >= 4 is 17.7 Å². The van der Waals surface area contributed by atoms with Crippen molar-refractivity contribution in [3.8, 4) is 17.3 Å². The smallest absolute Gasteiger partial charge is 0.270 e. The van der Waals surface area contributed by atoms with Crippen LogP contribution in [-0.2, 0) is 4.79 Å². The molecule has 2 heterocycles. The molecule has 1 aromatic heterocycles. The van der Waals surface area contributed by atoms with Gasteiger partial charge in [-0.25, -0.2) is 4.98 Å². The molecule has 1 amide bonds. The SMILES string of the molecule is N#Cc1c(-c2ccccc2)nc(SCC(=O)N2CCC(N)CC2)[nH]c1=O. The predicted octanol–water partition coefficient (Wildman–Crippen LogP) is 1.35. The maximum Gasteiger partial charge on any atom is 0.270 e. The number of aromatic nitrogens is 2. The maximum atomic E-state index is 12.3. The Morgan fingerprint density at radius 2 is 2.04 bits per heavy atom. The van der Waals surface area contributed by atoms with Crippen molar-refractivity contribution < 1.29 is 4.79 Å². The van der Waals surface area contributed by atoms with Gasteiger partial charge in [0.2, 0.25) is 5.91 Å². The van der Waals surface area contributed by atoms with Crippen LogP contribution in [0.15, 0.2) is 40.3 Å². The third-order valence-electron chi connectivity index (χ3n) is 4.28. The number of likely N-dealkylation sites (tertiary alicyclic amines) is 1. The van der Waals surface area contributed by atoms with E-state index >= 15 is 0 Å². The van der Waals surface area contributed by atoms with Crippen molar-refractivity contribution in [2.24, 2.45) is 5.73 Å². The Morgan fingerprint density at radius 3 is 2.69 bits per heavy atom. The van der Waals surface area contributed by atoms with Gasteiger partial charge in [0.05, 0.1) is 11.4 Å². The third kappa shape index (κ3) is 4.12. The van der Waals surface area contributed by atoms with Crippen LogP contribution >= 0.6 is 11.8 Å². The minimum Gasteiger partial charge on any atom is -0.342 e. The van der Waals surface area contributed by atoms with Crippen LogP contribution in [0.25, 0.3) is 11.3 Å². The van der Waals surface area contributed by atoms with E-state index in [0.717, 1.165) is 12.8 Å². The Bertz CT molecular complexity index is 883. The highest BCUT2D eigenvalue weighted by Gasteiger charge is 2.21. The summed E-state index contributed by atoms with van der Waals surface area (Å²) in [7, 11) is 0. The molecule has 0 unspecified atom stereocenters. The van der Waals surface area contributed by atoms with Gasteiger partial charge < -0.3 is 15.6 Å². The van der Waals surface area contributed by atoms with E-state index < -0.39 is 5.56 Å². The summed E-state index contributed by atoms with van der Waals surface area (Å²) in [6, 6.07) is 11.1. The zero-order valence-electron chi connectivity index (χ0n) is 14.1. The normalized spacial score (nSPS) is 14.8. The van der Waals surface area contributed by atoms with Crippen LogP contribution in [0.3, 0.4) is 0 Å². The van der Waals surface area contributed by atoms with Crippen LogP contribution in [0, 0.1) is 11.3 Å². The van der Waals surface area contributed by atoms with Gasteiger partial charge in [0.1, 0.15) is 11.6 Å². The molecule has 0 saturated carbocycles. The highest BCUT2D eigenvalue weighted by Crippen LogP contribution is 2.22. The zero-order chi connectivity index (χ0) is 18.5. The van der Waals surface area contributed by atoms with E-state index in [-0.39, 0.29) is 23.3 Å². The Kier molecular flexibility index (Phi) is 5.71. The van der Waals surface area contributed by atoms with E-state index in [1.165, 1.54) is 11.8 Å². The monoisotopic (exact) mass is 369 g/mol. The highest BCUT2D eigenvalue weighted by molar-refractivity contribution is 7.99. The minimum absolute atomic E-state index is 0.00447. The first-order valence-corrected chi connectivity index (χ1v) is 9.33. The van der Waals surface area contributed by atoms with Crippen LogP contribution in [0.5, 0.6) is 0 Å². The van der Waals surface area contributed by atoms with Gasteiger partial charge in [0.25, 0.3) is 5.56 Å².